The Labute approximate surface area is 126 Å². The quantitative estimate of drug-likeness (QED) is 0.869. The van der Waals surface area contributed by atoms with E-state index in [0.29, 0.717) is 17.1 Å². The zero-order valence-corrected chi connectivity index (χ0v) is 13.4. The van der Waals surface area contributed by atoms with Gasteiger partial charge in [0, 0.05) is 17.7 Å². The molecule has 1 fully saturated rings. The van der Waals surface area contributed by atoms with Gasteiger partial charge in [-0.2, -0.15) is 0 Å². The van der Waals surface area contributed by atoms with Gasteiger partial charge in [-0.1, -0.05) is 18.9 Å². The third-order valence-electron chi connectivity index (χ3n) is 4.06. The zero-order chi connectivity index (χ0) is 15.5. The van der Waals surface area contributed by atoms with Crippen LogP contribution in [-0.4, -0.2) is 33.6 Å². The number of methoxy groups -OCH3 is 2. The fraction of sp³-hybridized carbons (Fsp3) is 0.600. The van der Waals surface area contributed by atoms with Gasteiger partial charge < -0.3 is 15.2 Å². The van der Waals surface area contributed by atoms with Crippen molar-refractivity contribution in [3.63, 3.8) is 0 Å². The number of hydrogen-bond acceptors (Lipinski definition) is 5. The molecular weight excluding hydrogens is 290 g/mol. The maximum absolute atomic E-state index is 12.4. The first-order chi connectivity index (χ1) is 9.97. The van der Waals surface area contributed by atoms with Crippen LogP contribution in [0.15, 0.2) is 18.2 Å². The van der Waals surface area contributed by atoms with Crippen LogP contribution in [-0.2, 0) is 9.84 Å². The number of sulfone groups is 1. The Kier molecular flexibility index (Phi) is 5.11. The smallest absolute Gasteiger partial charge is 0.155 e. The Hall–Kier alpha value is -1.27. The van der Waals surface area contributed by atoms with Crippen LogP contribution in [0.4, 0.5) is 0 Å². The molecule has 1 aliphatic carbocycles. The Morgan fingerprint density at radius 3 is 2.48 bits per heavy atom. The zero-order valence-electron chi connectivity index (χ0n) is 12.5. The SMILES string of the molecule is COc1ccc(C(N)CS(=O)(=O)C2CCCC2)c(OC)c1. The van der Waals surface area contributed by atoms with E-state index < -0.39 is 15.9 Å². The topological polar surface area (TPSA) is 78.6 Å². The van der Waals surface area contributed by atoms with Crippen molar-refractivity contribution in [1.82, 2.24) is 0 Å². The van der Waals surface area contributed by atoms with Gasteiger partial charge in [-0.3, -0.25) is 0 Å². The molecule has 1 aliphatic rings. The summed E-state index contributed by atoms with van der Waals surface area (Å²) in [5.74, 6) is 1.17. The molecular formula is C15H23NO4S. The second-order valence-electron chi connectivity index (χ2n) is 5.45. The van der Waals surface area contributed by atoms with Crippen LogP contribution in [0.3, 0.4) is 0 Å². The second kappa shape index (κ2) is 6.66. The summed E-state index contributed by atoms with van der Waals surface area (Å²) in [5.41, 5.74) is 6.81. The number of rotatable bonds is 6. The van der Waals surface area contributed by atoms with Crippen molar-refractivity contribution in [2.75, 3.05) is 20.0 Å². The minimum atomic E-state index is -3.16. The highest BCUT2D eigenvalue weighted by Crippen LogP contribution is 2.31. The van der Waals surface area contributed by atoms with Crippen LogP contribution >= 0.6 is 0 Å². The Morgan fingerprint density at radius 1 is 1.24 bits per heavy atom. The second-order valence-corrected chi connectivity index (χ2v) is 7.78. The van der Waals surface area contributed by atoms with Crippen molar-refractivity contribution in [3.05, 3.63) is 23.8 Å². The molecule has 0 saturated heterocycles. The highest BCUT2D eigenvalue weighted by atomic mass is 32.2. The van der Waals surface area contributed by atoms with E-state index in [0.717, 1.165) is 25.7 Å². The minimum Gasteiger partial charge on any atom is -0.497 e. The molecule has 2 rings (SSSR count). The van der Waals surface area contributed by atoms with Crippen LogP contribution in [0, 0.1) is 0 Å². The van der Waals surface area contributed by atoms with Gasteiger partial charge in [-0.15, -0.1) is 0 Å². The van der Waals surface area contributed by atoms with Crippen molar-refractivity contribution in [2.45, 2.75) is 37.0 Å². The lowest BCUT2D eigenvalue weighted by molar-refractivity contribution is 0.389. The lowest BCUT2D eigenvalue weighted by Crippen LogP contribution is -2.28. The van der Waals surface area contributed by atoms with Gasteiger partial charge in [-0.25, -0.2) is 8.42 Å². The molecule has 0 spiro atoms. The highest BCUT2D eigenvalue weighted by molar-refractivity contribution is 7.92. The number of ether oxygens (including phenoxy) is 2. The number of nitrogens with two attached hydrogens (primary N) is 1. The fourth-order valence-electron chi connectivity index (χ4n) is 2.85. The molecule has 21 heavy (non-hydrogen) atoms. The number of hydrogen-bond donors (Lipinski definition) is 1. The maximum atomic E-state index is 12.4. The van der Waals surface area contributed by atoms with Crippen molar-refractivity contribution < 1.29 is 17.9 Å². The molecule has 0 amide bonds. The fourth-order valence-corrected chi connectivity index (χ4v) is 4.85. The van der Waals surface area contributed by atoms with E-state index in [1.165, 1.54) is 7.11 Å². The van der Waals surface area contributed by atoms with Crippen LogP contribution in [0.25, 0.3) is 0 Å². The predicted molar refractivity (Wildman–Crippen MR) is 82.5 cm³/mol. The first kappa shape index (κ1) is 16.1. The average molecular weight is 313 g/mol. The molecule has 5 nitrogen and oxygen atoms in total. The summed E-state index contributed by atoms with van der Waals surface area (Å²) in [6.07, 6.45) is 3.50. The van der Waals surface area contributed by atoms with E-state index in [1.54, 1.807) is 25.3 Å². The van der Waals surface area contributed by atoms with Gasteiger partial charge in [0.2, 0.25) is 0 Å². The molecule has 0 aliphatic heterocycles. The summed E-state index contributed by atoms with van der Waals surface area (Å²) in [6.45, 7) is 0. The Bertz CT molecular complexity index is 579. The summed E-state index contributed by atoms with van der Waals surface area (Å²) in [6, 6.07) is 4.67. The van der Waals surface area contributed by atoms with Crippen LogP contribution < -0.4 is 15.2 Å². The molecule has 1 saturated carbocycles. The van der Waals surface area contributed by atoms with Crippen LogP contribution in [0.2, 0.25) is 0 Å². The molecule has 0 radical (unpaired) electrons. The summed E-state index contributed by atoms with van der Waals surface area (Å²) >= 11 is 0. The van der Waals surface area contributed by atoms with Crippen molar-refractivity contribution >= 4 is 9.84 Å². The van der Waals surface area contributed by atoms with Gasteiger partial charge in [-0.05, 0) is 18.9 Å². The predicted octanol–water partition coefficient (Wildman–Crippen LogP) is 2.06. The maximum Gasteiger partial charge on any atom is 0.155 e. The molecule has 6 heteroatoms. The van der Waals surface area contributed by atoms with Gasteiger partial charge in [0.1, 0.15) is 11.5 Å². The molecule has 1 aromatic rings. The molecule has 0 bridgehead atoms. The molecule has 1 unspecified atom stereocenters. The molecule has 2 N–H and O–H groups in total. The van der Waals surface area contributed by atoms with Gasteiger partial charge in [0.15, 0.2) is 9.84 Å². The highest BCUT2D eigenvalue weighted by Gasteiger charge is 2.31. The van der Waals surface area contributed by atoms with Crippen molar-refractivity contribution in [1.29, 1.82) is 0 Å². The standard InChI is InChI=1S/C15H23NO4S/c1-19-11-7-8-13(15(9-11)20-2)14(16)10-21(17,18)12-5-3-4-6-12/h7-9,12,14H,3-6,10,16H2,1-2H3. The third kappa shape index (κ3) is 3.68. The Morgan fingerprint density at radius 2 is 1.90 bits per heavy atom. The van der Waals surface area contributed by atoms with Gasteiger partial charge in [0.05, 0.1) is 25.2 Å². The molecule has 0 aromatic heterocycles. The summed E-state index contributed by atoms with van der Waals surface area (Å²) in [4.78, 5) is 0. The largest absolute Gasteiger partial charge is 0.497 e. The molecule has 0 heterocycles. The number of benzene rings is 1. The van der Waals surface area contributed by atoms with Crippen molar-refractivity contribution in [3.8, 4) is 11.5 Å². The minimum absolute atomic E-state index is 0.0413. The van der Waals surface area contributed by atoms with Crippen LogP contribution in [0.5, 0.6) is 11.5 Å². The van der Waals surface area contributed by atoms with E-state index in [-0.39, 0.29) is 11.0 Å². The third-order valence-corrected chi connectivity index (χ3v) is 6.37. The Balaban J connectivity index is 2.18. The first-order valence-electron chi connectivity index (χ1n) is 7.17. The normalized spacial score (nSPS) is 17.7. The molecule has 118 valence electrons. The molecule has 1 aromatic carbocycles. The first-order valence-corrected chi connectivity index (χ1v) is 8.88. The van der Waals surface area contributed by atoms with E-state index >= 15 is 0 Å². The molecule has 1 atom stereocenters. The lowest BCUT2D eigenvalue weighted by atomic mass is 10.1. The van der Waals surface area contributed by atoms with Gasteiger partial charge >= 0.3 is 0 Å². The summed E-state index contributed by atoms with van der Waals surface area (Å²) in [7, 11) is -0.0533. The average Bonchev–Trinajstić information content (AvgIpc) is 3.01. The monoisotopic (exact) mass is 313 g/mol. The summed E-state index contributed by atoms with van der Waals surface area (Å²) < 4.78 is 35.2. The van der Waals surface area contributed by atoms with E-state index in [9.17, 15) is 8.42 Å². The van der Waals surface area contributed by atoms with Crippen molar-refractivity contribution in [2.24, 2.45) is 5.73 Å². The summed E-state index contributed by atoms with van der Waals surface area (Å²) in [5, 5.41) is -0.229. The lowest BCUT2D eigenvalue weighted by Gasteiger charge is -2.19. The van der Waals surface area contributed by atoms with E-state index in [2.05, 4.69) is 0 Å². The van der Waals surface area contributed by atoms with E-state index in [4.69, 9.17) is 15.2 Å². The van der Waals surface area contributed by atoms with E-state index in [1.807, 2.05) is 0 Å². The van der Waals surface area contributed by atoms with Gasteiger partial charge in [0.25, 0.3) is 0 Å². The van der Waals surface area contributed by atoms with Crippen LogP contribution in [0.1, 0.15) is 37.3 Å².